The summed E-state index contributed by atoms with van der Waals surface area (Å²) in [4.78, 5) is 32.8. The van der Waals surface area contributed by atoms with Gasteiger partial charge >= 0.3 is 11.9 Å². The Kier molecular flexibility index (Phi) is 5.06. The molecular weight excluding hydrogens is 636 g/mol. The van der Waals surface area contributed by atoms with Crippen molar-refractivity contribution in [2.24, 2.45) is 0 Å². The molecule has 50 heavy (non-hydrogen) atoms. The maximum absolute atomic E-state index is 11.8. The van der Waals surface area contributed by atoms with Gasteiger partial charge in [0.1, 0.15) is 22.2 Å². The van der Waals surface area contributed by atoms with E-state index in [1.54, 1.807) is 24.3 Å². The summed E-state index contributed by atoms with van der Waals surface area (Å²) in [5, 5.41) is 21.1. The first-order valence-corrected chi connectivity index (χ1v) is 15.9. The largest absolute Gasteiger partial charge is 0.478 e. The minimum atomic E-state index is -1.09. The van der Waals surface area contributed by atoms with E-state index in [-0.39, 0.29) is 45.8 Å². The van der Waals surface area contributed by atoms with Crippen LogP contribution >= 0.6 is 0 Å². The second-order valence-corrected chi connectivity index (χ2v) is 12.6. The third kappa shape index (κ3) is 3.46. The number of aromatic carboxylic acids is 2. The molecule has 0 radical (unpaired) electrons. The predicted octanol–water partition coefficient (Wildman–Crippen LogP) is 9.18. The normalized spacial score (nSPS) is 15.9. The number of carboxylic acids is 2. The molecule has 10 heteroatoms. The molecular formula is C40H20N2O8. The van der Waals surface area contributed by atoms with Crippen LogP contribution in [0.5, 0.6) is 0 Å². The number of nitrogens with zero attached hydrogens (tertiary/aromatic N) is 2. The highest BCUT2D eigenvalue weighted by atomic mass is 16.4. The lowest BCUT2D eigenvalue weighted by Crippen LogP contribution is -2.27. The van der Waals surface area contributed by atoms with E-state index < -0.39 is 11.9 Å². The van der Waals surface area contributed by atoms with Gasteiger partial charge in [-0.05, 0) is 58.7 Å². The van der Waals surface area contributed by atoms with Crippen LogP contribution in [0.4, 0.5) is 0 Å². The molecule has 4 heterocycles. The molecule has 0 saturated heterocycles. The van der Waals surface area contributed by atoms with E-state index in [1.807, 2.05) is 30.3 Å². The fraction of sp³-hybridized carbons (Fsp3) is 0.0500. The number of para-hydroxylation sites is 2. The maximum atomic E-state index is 11.8. The van der Waals surface area contributed by atoms with Crippen molar-refractivity contribution in [3.05, 3.63) is 142 Å². The third-order valence-corrected chi connectivity index (χ3v) is 10.1. The number of hydrogen-bond donors (Lipinski definition) is 2. The second-order valence-electron chi connectivity index (χ2n) is 12.6. The Hall–Kier alpha value is -6.94. The van der Waals surface area contributed by atoms with Gasteiger partial charge in [-0.1, -0.05) is 60.7 Å². The fourth-order valence-corrected chi connectivity index (χ4v) is 8.04. The van der Waals surface area contributed by atoms with Crippen LogP contribution in [-0.4, -0.2) is 32.1 Å². The molecule has 3 aliphatic rings. The molecule has 0 atom stereocenters. The summed E-state index contributed by atoms with van der Waals surface area (Å²) in [6.45, 7) is 0. The van der Waals surface area contributed by atoms with Crippen molar-refractivity contribution in [3.63, 3.8) is 0 Å². The number of fused-ring (bicyclic) bond motifs is 4. The summed E-state index contributed by atoms with van der Waals surface area (Å²) in [6.07, 6.45) is 0. The lowest BCUT2D eigenvalue weighted by molar-refractivity contribution is 0.0688. The number of carbonyl (C=O) groups is 2. The number of oxazole rings is 2. The van der Waals surface area contributed by atoms with Crippen LogP contribution in [0.3, 0.4) is 0 Å². The highest BCUT2D eigenvalue weighted by Crippen LogP contribution is 2.59. The van der Waals surface area contributed by atoms with Crippen LogP contribution < -0.4 is 0 Å². The van der Waals surface area contributed by atoms with Crippen LogP contribution in [0.15, 0.2) is 115 Å². The van der Waals surface area contributed by atoms with Crippen molar-refractivity contribution in [1.29, 1.82) is 0 Å². The first kappa shape index (κ1) is 27.1. The van der Waals surface area contributed by atoms with E-state index in [1.165, 1.54) is 17.7 Å². The zero-order valence-electron chi connectivity index (χ0n) is 25.6. The van der Waals surface area contributed by atoms with Gasteiger partial charge in [-0.25, -0.2) is 19.6 Å². The van der Waals surface area contributed by atoms with E-state index in [4.69, 9.17) is 17.7 Å². The fourth-order valence-electron chi connectivity index (χ4n) is 8.04. The molecule has 12 rings (SSSR count). The Morgan fingerprint density at radius 3 is 1.48 bits per heavy atom. The van der Waals surface area contributed by atoms with Gasteiger partial charge < -0.3 is 27.9 Å². The zero-order valence-corrected chi connectivity index (χ0v) is 25.6. The number of rotatable bonds is 4. The monoisotopic (exact) mass is 656 g/mol. The quantitative estimate of drug-likeness (QED) is 0.187. The van der Waals surface area contributed by atoms with Crippen LogP contribution in [0.1, 0.15) is 65.9 Å². The second kappa shape index (κ2) is 9.36. The van der Waals surface area contributed by atoms with Gasteiger partial charge in [0.25, 0.3) is 11.8 Å². The Labute approximate surface area is 279 Å². The van der Waals surface area contributed by atoms with E-state index in [0.717, 1.165) is 38.6 Å². The van der Waals surface area contributed by atoms with Crippen molar-refractivity contribution in [2.45, 2.75) is 11.8 Å². The molecule has 3 aliphatic carbocycles. The molecule has 0 amide bonds. The average Bonchev–Trinajstić information content (AvgIpc) is 3.93. The van der Waals surface area contributed by atoms with Crippen molar-refractivity contribution < 1.29 is 37.5 Å². The SMILES string of the molecule is O=C(O)c1cccc2oc(-c3cc4ccc5c(c4o3)C3c4ccccc4C5c4ccc5cc(-c6nc7c(C(=O)O)cccc7o6)oc5c43)nc12. The molecule has 0 saturated carbocycles. The molecule has 2 bridgehead atoms. The molecule has 0 aliphatic heterocycles. The first-order valence-electron chi connectivity index (χ1n) is 15.9. The summed E-state index contributed by atoms with van der Waals surface area (Å²) in [5.74, 6) is -1.31. The summed E-state index contributed by atoms with van der Waals surface area (Å²) >= 11 is 0. The Bertz CT molecular complexity index is 2800. The molecule has 4 aromatic heterocycles. The van der Waals surface area contributed by atoms with E-state index in [2.05, 4.69) is 40.3 Å². The molecule has 238 valence electrons. The Morgan fingerprint density at radius 1 is 0.520 bits per heavy atom. The van der Waals surface area contributed by atoms with Crippen molar-refractivity contribution in [3.8, 4) is 23.3 Å². The van der Waals surface area contributed by atoms with Crippen LogP contribution in [0.25, 0.3) is 67.4 Å². The Morgan fingerprint density at radius 2 is 1.00 bits per heavy atom. The number of hydrogen-bond acceptors (Lipinski definition) is 8. The zero-order chi connectivity index (χ0) is 33.4. The third-order valence-electron chi connectivity index (χ3n) is 10.1. The molecule has 5 aromatic carbocycles. The average molecular weight is 657 g/mol. The van der Waals surface area contributed by atoms with Gasteiger partial charge in [0, 0.05) is 33.7 Å². The highest BCUT2D eigenvalue weighted by molar-refractivity contribution is 6.02. The smallest absolute Gasteiger partial charge is 0.338 e. The maximum Gasteiger partial charge on any atom is 0.338 e. The predicted molar refractivity (Wildman–Crippen MR) is 181 cm³/mol. The number of benzene rings is 5. The van der Waals surface area contributed by atoms with Crippen molar-refractivity contribution in [1.82, 2.24) is 9.97 Å². The minimum Gasteiger partial charge on any atom is -0.478 e. The van der Waals surface area contributed by atoms with Gasteiger partial charge in [-0.2, -0.15) is 0 Å². The standard InChI is InChI=1S/C40H20N2O8/c43-39(44)23-7-3-9-25-33(23)41-37(49-25)27-15-17-11-13-21-29-19-5-1-2-6-20(19)30(31(21)35(17)47-27)32-22(29)14-12-18-16-28(48-36(18)32)38-42-34-24(40(45)46)8-4-10-26(34)50-38/h1-16,29-30H,(H,43,44)(H,45,46). The van der Waals surface area contributed by atoms with Crippen molar-refractivity contribution in [2.75, 3.05) is 0 Å². The van der Waals surface area contributed by atoms with Gasteiger partial charge in [-0.15, -0.1) is 0 Å². The topological polar surface area (TPSA) is 153 Å². The molecule has 0 fully saturated rings. The highest BCUT2D eigenvalue weighted by Gasteiger charge is 2.45. The summed E-state index contributed by atoms with van der Waals surface area (Å²) < 4.78 is 25.2. The first-order chi connectivity index (χ1) is 24.4. The van der Waals surface area contributed by atoms with Gasteiger partial charge in [0.05, 0.1) is 11.1 Å². The van der Waals surface area contributed by atoms with Gasteiger partial charge in [0.2, 0.25) is 0 Å². The summed E-state index contributed by atoms with van der Waals surface area (Å²) in [7, 11) is 0. The van der Waals surface area contributed by atoms with E-state index >= 15 is 0 Å². The van der Waals surface area contributed by atoms with Crippen molar-refractivity contribution >= 4 is 56.1 Å². The molecule has 10 nitrogen and oxygen atoms in total. The minimum absolute atomic E-state index is 0.0542. The molecule has 9 aromatic rings. The molecule has 2 N–H and O–H groups in total. The van der Waals surface area contributed by atoms with E-state index in [0.29, 0.717) is 33.9 Å². The number of carboxylic acid groups (broad SMARTS) is 2. The summed E-state index contributed by atoms with van der Waals surface area (Å²) in [6, 6.07) is 30.2. The lowest BCUT2D eigenvalue weighted by atomic mass is 9.60. The van der Waals surface area contributed by atoms with E-state index in [9.17, 15) is 19.8 Å². The number of aromatic nitrogens is 2. The molecule has 0 spiro atoms. The number of furan rings is 2. The van der Waals surface area contributed by atoms with Crippen LogP contribution in [-0.2, 0) is 0 Å². The summed E-state index contributed by atoms with van der Waals surface area (Å²) in [5.41, 5.74) is 9.39. The van der Waals surface area contributed by atoms with Gasteiger partial charge in [0.15, 0.2) is 22.7 Å². The lowest BCUT2D eigenvalue weighted by Gasteiger charge is -2.41. The molecule has 0 unspecified atom stereocenters. The Balaban J connectivity index is 1.12. The van der Waals surface area contributed by atoms with Crippen LogP contribution in [0.2, 0.25) is 0 Å². The van der Waals surface area contributed by atoms with Gasteiger partial charge in [-0.3, -0.25) is 0 Å². The van der Waals surface area contributed by atoms with Crippen LogP contribution in [0, 0.1) is 0 Å².